The summed E-state index contributed by atoms with van der Waals surface area (Å²) in [6, 6.07) is 11.7. The number of hydrogen-bond donors (Lipinski definition) is 1. The number of nitrogens with zero attached hydrogens (tertiary/aromatic N) is 1. The fourth-order valence-electron chi connectivity index (χ4n) is 3.31. The zero-order valence-corrected chi connectivity index (χ0v) is 16.6. The van der Waals surface area contributed by atoms with E-state index >= 15 is 0 Å². The summed E-state index contributed by atoms with van der Waals surface area (Å²) < 4.78 is 5.17. The van der Waals surface area contributed by atoms with E-state index in [9.17, 15) is 9.59 Å². The van der Waals surface area contributed by atoms with Gasteiger partial charge in [0.25, 0.3) is 0 Å². The van der Waals surface area contributed by atoms with Gasteiger partial charge in [-0.3, -0.25) is 9.59 Å². The SMILES string of the molecule is CCC(=O)N1C(C(=O)NC(C)CCc2ccccc2)CSC1c1ccoc1. The Kier molecular flexibility index (Phi) is 6.61. The highest BCUT2D eigenvalue weighted by Gasteiger charge is 2.42. The molecular formula is C21H26N2O3S. The Morgan fingerprint density at radius 1 is 1.30 bits per heavy atom. The Morgan fingerprint density at radius 3 is 2.74 bits per heavy atom. The fraction of sp³-hybridized carbons (Fsp3) is 0.429. The Bertz CT molecular complexity index is 748. The van der Waals surface area contributed by atoms with E-state index in [1.54, 1.807) is 29.2 Å². The van der Waals surface area contributed by atoms with Crippen molar-refractivity contribution < 1.29 is 14.0 Å². The predicted molar refractivity (Wildman–Crippen MR) is 107 cm³/mol. The molecular weight excluding hydrogens is 360 g/mol. The largest absolute Gasteiger partial charge is 0.472 e. The predicted octanol–water partition coefficient (Wildman–Crippen LogP) is 3.77. The Morgan fingerprint density at radius 2 is 2.07 bits per heavy atom. The number of aryl methyl sites for hydroxylation is 1. The van der Waals surface area contributed by atoms with Crippen molar-refractivity contribution in [2.45, 2.75) is 50.6 Å². The highest BCUT2D eigenvalue weighted by molar-refractivity contribution is 7.99. The van der Waals surface area contributed by atoms with Gasteiger partial charge in [-0.15, -0.1) is 11.8 Å². The van der Waals surface area contributed by atoms with Crippen LogP contribution in [-0.2, 0) is 16.0 Å². The number of carbonyl (C=O) groups excluding carboxylic acids is 2. The molecule has 5 nitrogen and oxygen atoms in total. The lowest BCUT2D eigenvalue weighted by molar-refractivity contribution is -0.139. The molecule has 2 amide bonds. The number of amides is 2. The summed E-state index contributed by atoms with van der Waals surface area (Å²) in [5.41, 5.74) is 2.19. The van der Waals surface area contributed by atoms with Crippen molar-refractivity contribution in [2.75, 3.05) is 5.75 Å². The fourth-order valence-corrected chi connectivity index (χ4v) is 4.74. The van der Waals surface area contributed by atoms with Gasteiger partial charge in [-0.05, 0) is 31.4 Å². The van der Waals surface area contributed by atoms with E-state index < -0.39 is 6.04 Å². The van der Waals surface area contributed by atoms with Crippen LogP contribution < -0.4 is 5.32 Å². The summed E-state index contributed by atoms with van der Waals surface area (Å²) in [6.45, 7) is 3.84. The number of hydrogen-bond acceptors (Lipinski definition) is 4. The van der Waals surface area contributed by atoms with Crippen molar-refractivity contribution in [3.05, 3.63) is 60.1 Å². The standard InChI is InChI=1S/C21H26N2O3S/c1-3-19(24)23-18(14-27-21(23)17-11-12-26-13-17)20(25)22-15(2)9-10-16-7-5-4-6-8-16/h4-8,11-13,15,18,21H,3,9-10,14H2,1-2H3,(H,22,25). The van der Waals surface area contributed by atoms with Crippen LogP contribution in [0.1, 0.15) is 43.2 Å². The van der Waals surface area contributed by atoms with E-state index in [0.717, 1.165) is 18.4 Å². The van der Waals surface area contributed by atoms with Gasteiger partial charge in [-0.25, -0.2) is 0 Å². The van der Waals surface area contributed by atoms with Crippen molar-refractivity contribution >= 4 is 23.6 Å². The topological polar surface area (TPSA) is 62.6 Å². The molecule has 1 aliphatic heterocycles. The summed E-state index contributed by atoms with van der Waals surface area (Å²) in [4.78, 5) is 27.1. The lowest BCUT2D eigenvalue weighted by Gasteiger charge is -2.29. The van der Waals surface area contributed by atoms with Crippen molar-refractivity contribution in [1.29, 1.82) is 0 Å². The summed E-state index contributed by atoms with van der Waals surface area (Å²) >= 11 is 1.61. The van der Waals surface area contributed by atoms with Crippen LogP contribution >= 0.6 is 11.8 Å². The average Bonchev–Trinajstić information content (AvgIpc) is 3.35. The van der Waals surface area contributed by atoms with Crippen LogP contribution in [0.3, 0.4) is 0 Å². The van der Waals surface area contributed by atoms with Crippen LogP contribution in [0.25, 0.3) is 0 Å². The van der Waals surface area contributed by atoms with Crippen LogP contribution in [-0.4, -0.2) is 34.6 Å². The number of nitrogens with one attached hydrogen (secondary N) is 1. The van der Waals surface area contributed by atoms with Gasteiger partial charge in [-0.1, -0.05) is 37.3 Å². The molecule has 1 aromatic carbocycles. The van der Waals surface area contributed by atoms with Gasteiger partial charge in [0.1, 0.15) is 11.4 Å². The molecule has 2 heterocycles. The smallest absolute Gasteiger partial charge is 0.243 e. The first-order chi connectivity index (χ1) is 13.1. The Balaban J connectivity index is 1.61. The average molecular weight is 387 g/mol. The first kappa shape index (κ1) is 19.5. The summed E-state index contributed by atoms with van der Waals surface area (Å²) in [5, 5.41) is 2.94. The molecule has 1 aromatic heterocycles. The molecule has 0 spiro atoms. The first-order valence-corrected chi connectivity index (χ1v) is 10.4. The number of furan rings is 1. The van der Waals surface area contributed by atoms with E-state index in [2.05, 4.69) is 17.4 Å². The molecule has 3 rings (SSSR count). The zero-order valence-electron chi connectivity index (χ0n) is 15.8. The maximum absolute atomic E-state index is 12.9. The van der Waals surface area contributed by atoms with Gasteiger partial charge in [-0.2, -0.15) is 0 Å². The molecule has 1 fully saturated rings. The van der Waals surface area contributed by atoms with Crippen LogP contribution in [0.15, 0.2) is 53.3 Å². The van der Waals surface area contributed by atoms with Crippen molar-refractivity contribution in [1.82, 2.24) is 10.2 Å². The second-order valence-corrected chi connectivity index (χ2v) is 7.96. The molecule has 2 aromatic rings. The van der Waals surface area contributed by atoms with E-state index in [1.165, 1.54) is 5.56 Å². The monoisotopic (exact) mass is 386 g/mol. The van der Waals surface area contributed by atoms with Crippen LogP contribution in [0.5, 0.6) is 0 Å². The third-order valence-electron chi connectivity index (χ3n) is 4.82. The normalized spacial score (nSPS) is 20.4. The molecule has 1 saturated heterocycles. The molecule has 0 aliphatic carbocycles. The maximum Gasteiger partial charge on any atom is 0.243 e. The number of carbonyl (C=O) groups is 2. The lowest BCUT2D eigenvalue weighted by atomic mass is 10.1. The number of benzene rings is 1. The number of rotatable bonds is 7. The Hall–Kier alpha value is -2.21. The van der Waals surface area contributed by atoms with Crippen molar-refractivity contribution in [2.24, 2.45) is 0 Å². The van der Waals surface area contributed by atoms with Crippen molar-refractivity contribution in [3.63, 3.8) is 0 Å². The zero-order chi connectivity index (χ0) is 19.2. The molecule has 3 atom stereocenters. The molecule has 27 heavy (non-hydrogen) atoms. The van der Waals surface area contributed by atoms with Crippen LogP contribution in [0, 0.1) is 0 Å². The van der Waals surface area contributed by atoms with Crippen LogP contribution in [0.2, 0.25) is 0 Å². The lowest BCUT2D eigenvalue weighted by Crippen LogP contribution is -2.49. The maximum atomic E-state index is 12.9. The van der Waals surface area contributed by atoms with Gasteiger partial charge >= 0.3 is 0 Å². The second-order valence-electron chi connectivity index (χ2n) is 6.85. The van der Waals surface area contributed by atoms with Crippen LogP contribution in [0.4, 0.5) is 0 Å². The van der Waals surface area contributed by atoms with E-state index in [4.69, 9.17) is 4.42 Å². The Labute approximate surface area is 164 Å². The quantitative estimate of drug-likeness (QED) is 0.787. The van der Waals surface area contributed by atoms with Gasteiger partial charge < -0.3 is 14.6 Å². The highest BCUT2D eigenvalue weighted by Crippen LogP contribution is 2.41. The minimum atomic E-state index is -0.443. The van der Waals surface area contributed by atoms with E-state index in [1.807, 2.05) is 38.1 Å². The van der Waals surface area contributed by atoms with Gasteiger partial charge in [0, 0.05) is 23.8 Å². The van der Waals surface area contributed by atoms with Gasteiger partial charge in [0.05, 0.1) is 12.5 Å². The summed E-state index contributed by atoms with van der Waals surface area (Å²) in [7, 11) is 0. The molecule has 6 heteroatoms. The third kappa shape index (κ3) is 4.75. The summed E-state index contributed by atoms with van der Waals surface area (Å²) in [5.74, 6) is 0.512. The first-order valence-electron chi connectivity index (χ1n) is 9.39. The van der Waals surface area contributed by atoms with Gasteiger partial charge in [0.15, 0.2) is 0 Å². The molecule has 1 N–H and O–H groups in total. The molecule has 0 radical (unpaired) electrons. The molecule has 0 bridgehead atoms. The summed E-state index contributed by atoms with van der Waals surface area (Å²) in [6.07, 6.45) is 5.40. The minimum Gasteiger partial charge on any atom is -0.472 e. The minimum absolute atomic E-state index is 0.0108. The van der Waals surface area contributed by atoms with E-state index in [-0.39, 0.29) is 23.2 Å². The molecule has 0 saturated carbocycles. The van der Waals surface area contributed by atoms with Crippen molar-refractivity contribution in [3.8, 4) is 0 Å². The third-order valence-corrected chi connectivity index (χ3v) is 6.14. The molecule has 3 unspecified atom stereocenters. The second kappa shape index (κ2) is 9.13. The highest BCUT2D eigenvalue weighted by atomic mass is 32.2. The molecule has 1 aliphatic rings. The van der Waals surface area contributed by atoms with Gasteiger partial charge in [0.2, 0.25) is 11.8 Å². The molecule has 144 valence electrons. The number of thioether (sulfide) groups is 1. The van der Waals surface area contributed by atoms with E-state index in [0.29, 0.717) is 12.2 Å².